The van der Waals surface area contributed by atoms with Crippen molar-refractivity contribution in [1.29, 1.82) is 0 Å². The fraction of sp³-hybridized carbons (Fsp3) is 0.947. The molecule has 3 nitrogen and oxygen atoms in total. The molecular weight excluding hydrogens is 274 g/mol. The fourth-order valence-corrected chi connectivity index (χ4v) is 4.02. The molecule has 2 rings (SSSR count). The average Bonchev–Trinajstić information content (AvgIpc) is 2.47. The van der Waals surface area contributed by atoms with Gasteiger partial charge in [-0.1, -0.05) is 39.0 Å². The standard InChI is InChI=1S/C19H35NO2/c1-5-15-6-8-16(9-7-15)14-17-10-12-20(13-11-17)18(21)22-19(2,3)4/h15-17H,5-14H2,1-4H3. The second-order valence-electron chi connectivity index (χ2n) is 8.44. The van der Waals surface area contributed by atoms with Crippen LogP contribution in [-0.2, 0) is 4.74 Å². The van der Waals surface area contributed by atoms with Crippen LogP contribution in [0, 0.1) is 17.8 Å². The molecule has 0 spiro atoms. The molecule has 3 heteroatoms. The van der Waals surface area contributed by atoms with Crippen molar-refractivity contribution < 1.29 is 9.53 Å². The molecule has 0 aromatic carbocycles. The van der Waals surface area contributed by atoms with Crippen molar-refractivity contribution in [2.45, 2.75) is 84.7 Å². The quantitative estimate of drug-likeness (QED) is 0.713. The Morgan fingerprint density at radius 2 is 1.45 bits per heavy atom. The summed E-state index contributed by atoms with van der Waals surface area (Å²) in [6.07, 6.45) is 10.7. The highest BCUT2D eigenvalue weighted by molar-refractivity contribution is 5.68. The van der Waals surface area contributed by atoms with Gasteiger partial charge in [0.2, 0.25) is 0 Å². The van der Waals surface area contributed by atoms with Gasteiger partial charge in [0.15, 0.2) is 0 Å². The Morgan fingerprint density at radius 1 is 0.955 bits per heavy atom. The summed E-state index contributed by atoms with van der Waals surface area (Å²) in [4.78, 5) is 14.0. The second kappa shape index (κ2) is 7.70. The molecule has 1 amide bonds. The lowest BCUT2D eigenvalue weighted by Gasteiger charge is -2.36. The largest absolute Gasteiger partial charge is 0.444 e. The van der Waals surface area contributed by atoms with Crippen molar-refractivity contribution in [1.82, 2.24) is 4.90 Å². The van der Waals surface area contributed by atoms with Crippen LogP contribution in [0.1, 0.15) is 79.1 Å². The van der Waals surface area contributed by atoms with Crippen molar-refractivity contribution in [2.24, 2.45) is 17.8 Å². The first-order valence-corrected chi connectivity index (χ1v) is 9.35. The smallest absolute Gasteiger partial charge is 0.410 e. The summed E-state index contributed by atoms with van der Waals surface area (Å²) in [5.41, 5.74) is -0.383. The Balaban J connectivity index is 1.68. The van der Waals surface area contributed by atoms with E-state index in [0.717, 1.165) is 43.7 Å². The monoisotopic (exact) mass is 309 g/mol. The van der Waals surface area contributed by atoms with Gasteiger partial charge in [0.1, 0.15) is 5.60 Å². The van der Waals surface area contributed by atoms with Crippen LogP contribution in [0.5, 0.6) is 0 Å². The summed E-state index contributed by atoms with van der Waals surface area (Å²) < 4.78 is 5.47. The van der Waals surface area contributed by atoms with Gasteiger partial charge < -0.3 is 9.64 Å². The van der Waals surface area contributed by atoms with Crippen molar-refractivity contribution in [3.05, 3.63) is 0 Å². The van der Waals surface area contributed by atoms with Gasteiger partial charge in [-0.2, -0.15) is 0 Å². The molecule has 0 aromatic heterocycles. The lowest BCUT2D eigenvalue weighted by atomic mass is 9.76. The Morgan fingerprint density at radius 3 is 1.95 bits per heavy atom. The number of nitrogens with zero attached hydrogens (tertiary/aromatic N) is 1. The van der Waals surface area contributed by atoms with E-state index in [-0.39, 0.29) is 11.7 Å². The predicted molar refractivity (Wildman–Crippen MR) is 90.9 cm³/mol. The van der Waals surface area contributed by atoms with Gasteiger partial charge >= 0.3 is 6.09 Å². The summed E-state index contributed by atoms with van der Waals surface area (Å²) in [5, 5.41) is 0. The Labute approximate surface area is 136 Å². The SMILES string of the molecule is CCC1CCC(CC2CCN(C(=O)OC(C)(C)C)CC2)CC1. The van der Waals surface area contributed by atoms with E-state index in [4.69, 9.17) is 4.74 Å². The van der Waals surface area contributed by atoms with E-state index in [0.29, 0.717) is 0 Å². The molecule has 2 aliphatic rings. The van der Waals surface area contributed by atoms with Crippen LogP contribution >= 0.6 is 0 Å². The van der Waals surface area contributed by atoms with E-state index in [9.17, 15) is 4.79 Å². The van der Waals surface area contributed by atoms with Crippen molar-refractivity contribution in [3.63, 3.8) is 0 Å². The number of carbonyl (C=O) groups excluding carboxylic acids is 1. The van der Waals surface area contributed by atoms with E-state index < -0.39 is 0 Å². The van der Waals surface area contributed by atoms with Crippen molar-refractivity contribution in [2.75, 3.05) is 13.1 Å². The number of hydrogen-bond acceptors (Lipinski definition) is 2. The lowest BCUT2D eigenvalue weighted by Crippen LogP contribution is -2.42. The minimum absolute atomic E-state index is 0.130. The molecule has 128 valence electrons. The van der Waals surface area contributed by atoms with Gasteiger partial charge in [0, 0.05) is 13.1 Å². The fourth-order valence-electron chi connectivity index (χ4n) is 4.02. The van der Waals surface area contributed by atoms with Crippen LogP contribution in [0.2, 0.25) is 0 Å². The van der Waals surface area contributed by atoms with Crippen LogP contribution in [0.3, 0.4) is 0 Å². The summed E-state index contributed by atoms with van der Waals surface area (Å²) in [6.45, 7) is 9.89. The second-order valence-corrected chi connectivity index (χ2v) is 8.44. The van der Waals surface area contributed by atoms with Crippen LogP contribution in [0.15, 0.2) is 0 Å². The minimum atomic E-state index is -0.383. The van der Waals surface area contributed by atoms with Gasteiger partial charge in [-0.05, 0) is 57.8 Å². The summed E-state index contributed by atoms with van der Waals surface area (Å²) in [7, 11) is 0. The Hall–Kier alpha value is -0.730. The lowest BCUT2D eigenvalue weighted by molar-refractivity contribution is 0.0172. The maximum absolute atomic E-state index is 12.1. The van der Waals surface area contributed by atoms with Gasteiger partial charge in [-0.15, -0.1) is 0 Å². The molecule has 0 aromatic rings. The number of rotatable bonds is 3. The molecule has 0 bridgehead atoms. The molecule has 1 heterocycles. The Bertz CT molecular complexity index is 345. The molecule has 1 saturated heterocycles. The van der Waals surface area contributed by atoms with E-state index in [1.807, 2.05) is 25.7 Å². The third-order valence-corrected chi connectivity index (χ3v) is 5.48. The van der Waals surface area contributed by atoms with Crippen LogP contribution in [0.4, 0.5) is 4.79 Å². The molecule has 0 atom stereocenters. The van der Waals surface area contributed by atoms with E-state index in [1.54, 1.807) is 0 Å². The molecule has 0 unspecified atom stereocenters. The van der Waals surface area contributed by atoms with Crippen LogP contribution in [-0.4, -0.2) is 29.7 Å². The van der Waals surface area contributed by atoms with Crippen molar-refractivity contribution in [3.8, 4) is 0 Å². The third kappa shape index (κ3) is 5.48. The van der Waals surface area contributed by atoms with Crippen molar-refractivity contribution >= 4 is 6.09 Å². The molecule has 1 aliphatic heterocycles. The first-order valence-electron chi connectivity index (χ1n) is 9.35. The minimum Gasteiger partial charge on any atom is -0.444 e. The van der Waals surface area contributed by atoms with E-state index in [2.05, 4.69) is 6.92 Å². The van der Waals surface area contributed by atoms with Gasteiger partial charge in [0.05, 0.1) is 0 Å². The number of likely N-dealkylation sites (tertiary alicyclic amines) is 1. The average molecular weight is 309 g/mol. The molecular formula is C19H35NO2. The summed E-state index contributed by atoms with van der Waals surface area (Å²) in [5.74, 6) is 2.76. The molecule has 1 aliphatic carbocycles. The number of carbonyl (C=O) groups is 1. The zero-order valence-electron chi connectivity index (χ0n) is 15.1. The number of ether oxygens (including phenoxy) is 1. The van der Waals surface area contributed by atoms with Crippen LogP contribution < -0.4 is 0 Å². The first kappa shape index (κ1) is 17.6. The topological polar surface area (TPSA) is 29.5 Å². The third-order valence-electron chi connectivity index (χ3n) is 5.48. The summed E-state index contributed by atoms with van der Waals surface area (Å²) >= 11 is 0. The van der Waals surface area contributed by atoms with Gasteiger partial charge in [0.25, 0.3) is 0 Å². The maximum atomic E-state index is 12.1. The molecule has 0 N–H and O–H groups in total. The van der Waals surface area contributed by atoms with E-state index >= 15 is 0 Å². The zero-order chi connectivity index (χ0) is 16.2. The number of amides is 1. The maximum Gasteiger partial charge on any atom is 0.410 e. The zero-order valence-corrected chi connectivity index (χ0v) is 15.1. The molecule has 22 heavy (non-hydrogen) atoms. The summed E-state index contributed by atoms with van der Waals surface area (Å²) in [6, 6.07) is 0. The van der Waals surface area contributed by atoms with Gasteiger partial charge in [-0.25, -0.2) is 4.79 Å². The number of piperidine rings is 1. The van der Waals surface area contributed by atoms with Crippen LogP contribution in [0.25, 0.3) is 0 Å². The van der Waals surface area contributed by atoms with Gasteiger partial charge in [-0.3, -0.25) is 0 Å². The highest BCUT2D eigenvalue weighted by atomic mass is 16.6. The molecule has 0 radical (unpaired) electrons. The molecule has 2 fully saturated rings. The predicted octanol–water partition coefficient (Wildman–Crippen LogP) is 5.24. The highest BCUT2D eigenvalue weighted by Gasteiger charge is 2.29. The number of hydrogen-bond donors (Lipinski definition) is 0. The first-order chi connectivity index (χ1) is 10.4. The highest BCUT2D eigenvalue weighted by Crippen LogP contribution is 2.36. The van der Waals surface area contributed by atoms with E-state index in [1.165, 1.54) is 38.5 Å². The Kier molecular flexibility index (Phi) is 6.17. The normalized spacial score (nSPS) is 27.7. The molecule has 1 saturated carbocycles.